The molecule has 0 spiro atoms. The van der Waals surface area contributed by atoms with Gasteiger partial charge in [-0.1, -0.05) is 42.5 Å². The van der Waals surface area contributed by atoms with Crippen molar-refractivity contribution >= 4 is 17.9 Å². The molecule has 2 aromatic rings. The van der Waals surface area contributed by atoms with Crippen molar-refractivity contribution in [3.05, 3.63) is 84.0 Å². The van der Waals surface area contributed by atoms with Gasteiger partial charge in [-0.05, 0) is 31.1 Å². The topological polar surface area (TPSA) is 65.9 Å². The highest BCUT2D eigenvalue weighted by Crippen LogP contribution is 2.19. The first-order valence-electron chi connectivity index (χ1n) is 11.0. The number of hydrogen-bond acceptors (Lipinski definition) is 7. The Kier molecular flexibility index (Phi) is 7.30. The van der Waals surface area contributed by atoms with Gasteiger partial charge in [-0.15, -0.1) is 0 Å². The number of nitrogens with zero attached hydrogens (tertiary/aromatic N) is 5. The molecule has 2 aliphatic rings. The molecule has 2 aliphatic heterocycles. The van der Waals surface area contributed by atoms with Crippen molar-refractivity contribution in [2.24, 2.45) is 5.10 Å². The average Bonchev–Trinajstić information content (AvgIpc) is 2.81. The second kappa shape index (κ2) is 10.7. The van der Waals surface area contributed by atoms with Gasteiger partial charge in [0.25, 0.3) is 0 Å². The van der Waals surface area contributed by atoms with Crippen LogP contribution in [0.5, 0.6) is 0 Å². The molecule has 1 fully saturated rings. The number of morpholine rings is 1. The lowest BCUT2D eigenvalue weighted by Gasteiger charge is -2.28. The lowest BCUT2D eigenvalue weighted by Crippen LogP contribution is -2.37. The van der Waals surface area contributed by atoms with Gasteiger partial charge in [0.15, 0.2) is 5.82 Å². The Hall–Kier alpha value is -3.45. The second-order valence-corrected chi connectivity index (χ2v) is 7.90. The highest BCUT2D eigenvalue weighted by atomic mass is 16.5. The smallest absolute Gasteiger partial charge is 0.152 e. The first-order chi connectivity index (χ1) is 15.7. The fourth-order valence-electron chi connectivity index (χ4n) is 3.67. The summed E-state index contributed by atoms with van der Waals surface area (Å²) >= 11 is 0. The Labute approximate surface area is 191 Å². The van der Waals surface area contributed by atoms with Crippen LogP contribution in [0.2, 0.25) is 0 Å². The lowest BCUT2D eigenvalue weighted by atomic mass is 10.2. The Morgan fingerprint density at radius 1 is 1.22 bits per heavy atom. The van der Waals surface area contributed by atoms with Crippen molar-refractivity contribution in [3.63, 3.8) is 0 Å². The molecule has 0 radical (unpaired) electrons. The van der Waals surface area contributed by atoms with E-state index < -0.39 is 0 Å². The third kappa shape index (κ3) is 6.04. The van der Waals surface area contributed by atoms with Crippen molar-refractivity contribution in [1.29, 1.82) is 0 Å². The molecular formula is C25H32N6O. The maximum Gasteiger partial charge on any atom is 0.152 e. The van der Waals surface area contributed by atoms with Crippen LogP contribution in [0.4, 0.5) is 11.6 Å². The molecule has 7 nitrogen and oxygen atoms in total. The molecule has 0 bridgehead atoms. The first kappa shape index (κ1) is 21.8. The van der Waals surface area contributed by atoms with Crippen LogP contribution in [0.15, 0.2) is 72.1 Å². The summed E-state index contributed by atoms with van der Waals surface area (Å²) in [5.74, 6) is 2.42. The van der Waals surface area contributed by atoms with Crippen LogP contribution in [0.25, 0.3) is 0 Å². The van der Waals surface area contributed by atoms with Gasteiger partial charge < -0.3 is 14.5 Å². The van der Waals surface area contributed by atoms with Gasteiger partial charge in [0, 0.05) is 45.4 Å². The van der Waals surface area contributed by atoms with Crippen LogP contribution >= 0.6 is 0 Å². The van der Waals surface area contributed by atoms with Gasteiger partial charge in [0.2, 0.25) is 0 Å². The maximum absolute atomic E-state index is 5.50. The third-order valence-electron chi connectivity index (χ3n) is 5.36. The predicted molar refractivity (Wildman–Crippen MR) is 132 cm³/mol. The minimum atomic E-state index is 0. The number of hydrogen-bond donors (Lipinski definition) is 1. The molecule has 1 aromatic heterocycles. The molecular weight excluding hydrogens is 400 g/mol. The van der Waals surface area contributed by atoms with Crippen LogP contribution in [0, 0.1) is 6.92 Å². The molecule has 168 valence electrons. The predicted octanol–water partition coefficient (Wildman–Crippen LogP) is 4.15. The molecule has 0 amide bonds. The zero-order chi connectivity index (χ0) is 22.2. The SMILES string of the molecule is C=C1C=CC=CN1CCCc1nc(N/N=C/c2cccc(C)c2)cc(N2CCOCC2)n1.[HH]. The van der Waals surface area contributed by atoms with Gasteiger partial charge in [-0.2, -0.15) is 5.10 Å². The molecule has 1 aromatic carbocycles. The molecule has 0 aliphatic carbocycles. The number of allylic oxidation sites excluding steroid dienone is 3. The Morgan fingerprint density at radius 2 is 2.09 bits per heavy atom. The van der Waals surface area contributed by atoms with E-state index in [2.05, 4.69) is 52.2 Å². The van der Waals surface area contributed by atoms with Crippen LogP contribution < -0.4 is 10.3 Å². The summed E-state index contributed by atoms with van der Waals surface area (Å²) in [7, 11) is 0. The second-order valence-electron chi connectivity index (χ2n) is 7.90. The van der Waals surface area contributed by atoms with E-state index in [0.29, 0.717) is 19.0 Å². The first-order valence-corrected chi connectivity index (χ1v) is 11.0. The summed E-state index contributed by atoms with van der Waals surface area (Å²) in [5, 5.41) is 4.40. The average molecular weight is 433 g/mol. The summed E-state index contributed by atoms with van der Waals surface area (Å²) in [6.07, 6.45) is 11.6. The number of benzene rings is 1. The number of hydrazone groups is 1. The van der Waals surface area contributed by atoms with Crippen LogP contribution in [-0.2, 0) is 11.2 Å². The van der Waals surface area contributed by atoms with E-state index in [1.54, 1.807) is 0 Å². The van der Waals surface area contributed by atoms with E-state index in [0.717, 1.165) is 55.4 Å². The van der Waals surface area contributed by atoms with E-state index in [1.807, 2.05) is 42.6 Å². The summed E-state index contributed by atoms with van der Waals surface area (Å²) in [6, 6.07) is 10.2. The van der Waals surface area contributed by atoms with Crippen molar-refractivity contribution in [3.8, 4) is 0 Å². The standard InChI is InChI=1S/C25H30N6O.H2/c1-20-7-5-9-22(17-20)19-26-29-24-18-25(31-13-15-32-16-14-31)28-23(27-24)10-6-12-30-11-4-3-8-21(30)2;/h3-5,7-9,11,17-19H,2,6,10,12-16H2,1H3,(H,27,28,29);1H/b26-19+;. The minimum absolute atomic E-state index is 0. The normalized spacial score (nSPS) is 16.2. The summed E-state index contributed by atoms with van der Waals surface area (Å²) in [5.41, 5.74) is 6.35. The van der Waals surface area contributed by atoms with Gasteiger partial charge >= 0.3 is 0 Å². The molecule has 1 saturated heterocycles. The molecule has 7 heteroatoms. The molecule has 1 N–H and O–H groups in total. The summed E-state index contributed by atoms with van der Waals surface area (Å²) < 4.78 is 5.50. The Morgan fingerprint density at radius 3 is 2.91 bits per heavy atom. The molecule has 4 rings (SSSR count). The number of nitrogens with one attached hydrogen (secondary N) is 1. The Bertz CT molecular complexity index is 1030. The van der Waals surface area contributed by atoms with Crippen LogP contribution in [0.3, 0.4) is 0 Å². The van der Waals surface area contributed by atoms with E-state index >= 15 is 0 Å². The van der Waals surface area contributed by atoms with E-state index in [4.69, 9.17) is 14.7 Å². The molecule has 0 saturated carbocycles. The van der Waals surface area contributed by atoms with Crippen LogP contribution in [-0.4, -0.2) is 53.9 Å². The largest absolute Gasteiger partial charge is 0.378 e. The zero-order valence-electron chi connectivity index (χ0n) is 18.6. The van der Waals surface area contributed by atoms with Crippen LogP contribution in [0.1, 0.15) is 24.8 Å². The molecule has 3 heterocycles. The zero-order valence-corrected chi connectivity index (χ0v) is 18.6. The third-order valence-corrected chi connectivity index (χ3v) is 5.36. The summed E-state index contributed by atoms with van der Waals surface area (Å²) in [4.78, 5) is 13.9. The van der Waals surface area contributed by atoms with Gasteiger partial charge in [-0.25, -0.2) is 9.97 Å². The number of aryl methyl sites for hydroxylation is 2. The molecule has 32 heavy (non-hydrogen) atoms. The van der Waals surface area contributed by atoms with Crippen molar-refractivity contribution < 1.29 is 6.16 Å². The highest BCUT2D eigenvalue weighted by Gasteiger charge is 2.15. The Balaban J connectivity index is 0.00000306. The van der Waals surface area contributed by atoms with Gasteiger partial charge in [0.05, 0.1) is 19.4 Å². The number of anilines is 2. The molecule has 0 unspecified atom stereocenters. The lowest BCUT2D eigenvalue weighted by molar-refractivity contribution is 0.122. The number of aromatic nitrogens is 2. The monoisotopic (exact) mass is 432 g/mol. The van der Waals surface area contributed by atoms with Gasteiger partial charge in [-0.3, -0.25) is 5.43 Å². The van der Waals surface area contributed by atoms with Crippen molar-refractivity contribution in [2.45, 2.75) is 19.8 Å². The maximum atomic E-state index is 5.50. The van der Waals surface area contributed by atoms with E-state index in [1.165, 1.54) is 5.56 Å². The number of rotatable bonds is 8. The van der Waals surface area contributed by atoms with E-state index in [9.17, 15) is 0 Å². The van der Waals surface area contributed by atoms with E-state index in [-0.39, 0.29) is 1.43 Å². The van der Waals surface area contributed by atoms with Crippen molar-refractivity contribution in [2.75, 3.05) is 43.2 Å². The quantitative estimate of drug-likeness (QED) is 0.499. The molecule has 0 atom stereocenters. The highest BCUT2D eigenvalue weighted by molar-refractivity contribution is 5.80. The number of ether oxygens (including phenoxy) is 1. The fraction of sp³-hybridized carbons (Fsp3) is 0.320. The van der Waals surface area contributed by atoms with Gasteiger partial charge in [0.1, 0.15) is 11.6 Å². The fourth-order valence-corrected chi connectivity index (χ4v) is 3.67. The van der Waals surface area contributed by atoms with Crippen molar-refractivity contribution in [1.82, 2.24) is 14.9 Å². The minimum Gasteiger partial charge on any atom is -0.378 e. The summed E-state index contributed by atoms with van der Waals surface area (Å²) in [6.45, 7) is 10.1.